The summed E-state index contributed by atoms with van der Waals surface area (Å²) in [7, 11) is 0. The van der Waals surface area contributed by atoms with Crippen molar-refractivity contribution in [2.45, 2.75) is 25.5 Å². The number of hydrogen-bond acceptors (Lipinski definition) is 3. The third-order valence-corrected chi connectivity index (χ3v) is 2.47. The fourth-order valence-electron chi connectivity index (χ4n) is 1.64. The summed E-state index contributed by atoms with van der Waals surface area (Å²) in [6.45, 7) is 1.91. The summed E-state index contributed by atoms with van der Waals surface area (Å²) in [5.41, 5.74) is 0.650. The highest BCUT2D eigenvalue weighted by Crippen LogP contribution is 2.34. The second kappa shape index (κ2) is 3.77. The summed E-state index contributed by atoms with van der Waals surface area (Å²) in [6.07, 6.45) is -0.0403. The van der Waals surface area contributed by atoms with Gasteiger partial charge in [0, 0.05) is 0 Å². The first-order valence-electron chi connectivity index (χ1n) is 4.81. The smallest absolute Gasteiger partial charge is 0.178 e. The Kier molecular flexibility index (Phi) is 2.46. The van der Waals surface area contributed by atoms with E-state index in [1.54, 1.807) is 12.1 Å². The van der Waals surface area contributed by atoms with Gasteiger partial charge in [-0.2, -0.15) is 5.26 Å². The molecule has 0 radical (unpaired) electrons. The van der Waals surface area contributed by atoms with Crippen molar-refractivity contribution in [3.8, 4) is 11.8 Å². The standard InChI is InChI=1S/C11H11FN2O/c1-7-10(5-6-13)15-11-8(12)3-2-4-9(11)14-7/h2-4,7,10,14H,5H2,1H3. The maximum Gasteiger partial charge on any atom is 0.178 e. The van der Waals surface area contributed by atoms with E-state index in [0.717, 1.165) is 0 Å². The van der Waals surface area contributed by atoms with Crippen molar-refractivity contribution in [3.63, 3.8) is 0 Å². The van der Waals surface area contributed by atoms with Crippen LogP contribution in [0.25, 0.3) is 0 Å². The molecule has 0 aliphatic carbocycles. The van der Waals surface area contributed by atoms with Crippen LogP contribution >= 0.6 is 0 Å². The van der Waals surface area contributed by atoms with Crippen LogP contribution in [0.4, 0.5) is 10.1 Å². The van der Waals surface area contributed by atoms with E-state index in [1.807, 2.05) is 13.0 Å². The first kappa shape index (κ1) is 9.78. The molecule has 0 amide bonds. The van der Waals surface area contributed by atoms with Crippen LogP contribution < -0.4 is 10.1 Å². The number of rotatable bonds is 1. The zero-order chi connectivity index (χ0) is 10.8. The first-order valence-corrected chi connectivity index (χ1v) is 4.81. The van der Waals surface area contributed by atoms with E-state index in [1.165, 1.54) is 6.07 Å². The first-order chi connectivity index (χ1) is 7.22. The maximum absolute atomic E-state index is 13.4. The zero-order valence-corrected chi connectivity index (χ0v) is 8.33. The number of halogens is 1. The van der Waals surface area contributed by atoms with Gasteiger partial charge < -0.3 is 10.1 Å². The Morgan fingerprint density at radius 2 is 2.40 bits per heavy atom. The SMILES string of the molecule is CC1Nc2cccc(F)c2OC1CC#N. The third-order valence-electron chi connectivity index (χ3n) is 2.47. The molecule has 1 aromatic carbocycles. The number of benzene rings is 1. The number of nitriles is 1. The fourth-order valence-corrected chi connectivity index (χ4v) is 1.64. The van der Waals surface area contributed by atoms with Crippen LogP contribution in [0.1, 0.15) is 13.3 Å². The third kappa shape index (κ3) is 1.73. The van der Waals surface area contributed by atoms with Gasteiger partial charge in [0.2, 0.25) is 0 Å². The molecule has 0 fully saturated rings. The van der Waals surface area contributed by atoms with Gasteiger partial charge in [-0.1, -0.05) is 6.07 Å². The van der Waals surface area contributed by atoms with Gasteiger partial charge >= 0.3 is 0 Å². The highest BCUT2D eigenvalue weighted by Gasteiger charge is 2.27. The highest BCUT2D eigenvalue weighted by molar-refractivity contribution is 5.59. The lowest BCUT2D eigenvalue weighted by Gasteiger charge is -2.31. The van der Waals surface area contributed by atoms with Gasteiger partial charge in [0.15, 0.2) is 11.6 Å². The Morgan fingerprint density at radius 3 is 3.13 bits per heavy atom. The molecule has 15 heavy (non-hydrogen) atoms. The minimum absolute atomic E-state index is 0.0129. The average molecular weight is 206 g/mol. The molecule has 1 heterocycles. The number of hydrogen-bond donors (Lipinski definition) is 1. The summed E-state index contributed by atoms with van der Waals surface area (Å²) in [4.78, 5) is 0. The second-order valence-corrected chi connectivity index (χ2v) is 3.57. The van der Waals surface area contributed by atoms with E-state index in [-0.39, 0.29) is 24.3 Å². The van der Waals surface area contributed by atoms with Gasteiger partial charge in [-0.05, 0) is 19.1 Å². The van der Waals surface area contributed by atoms with Crippen LogP contribution in [-0.4, -0.2) is 12.1 Å². The summed E-state index contributed by atoms with van der Waals surface area (Å²) in [5.74, 6) is -0.175. The predicted molar refractivity (Wildman–Crippen MR) is 54.1 cm³/mol. The fraction of sp³-hybridized carbons (Fsp3) is 0.364. The van der Waals surface area contributed by atoms with E-state index in [0.29, 0.717) is 5.69 Å². The van der Waals surface area contributed by atoms with Crippen LogP contribution in [-0.2, 0) is 0 Å². The lowest BCUT2D eigenvalue weighted by Crippen LogP contribution is -2.39. The quantitative estimate of drug-likeness (QED) is 0.766. The molecule has 1 N–H and O–H groups in total. The zero-order valence-electron chi connectivity index (χ0n) is 8.33. The Labute approximate surface area is 87.5 Å². The largest absolute Gasteiger partial charge is 0.482 e. The van der Waals surface area contributed by atoms with Crippen molar-refractivity contribution < 1.29 is 9.13 Å². The Morgan fingerprint density at radius 1 is 1.60 bits per heavy atom. The van der Waals surface area contributed by atoms with E-state index in [2.05, 4.69) is 5.32 Å². The number of para-hydroxylation sites is 1. The van der Waals surface area contributed by atoms with Crippen LogP contribution in [0, 0.1) is 17.1 Å². The number of nitrogens with one attached hydrogen (secondary N) is 1. The molecule has 0 aromatic heterocycles. The number of anilines is 1. The highest BCUT2D eigenvalue weighted by atomic mass is 19.1. The van der Waals surface area contributed by atoms with Crippen molar-refractivity contribution in [1.29, 1.82) is 5.26 Å². The molecule has 2 unspecified atom stereocenters. The molecule has 4 heteroatoms. The Hall–Kier alpha value is -1.76. The molecule has 0 bridgehead atoms. The lowest BCUT2D eigenvalue weighted by atomic mass is 10.1. The molecule has 78 valence electrons. The summed E-state index contributed by atoms with van der Waals surface area (Å²) >= 11 is 0. The van der Waals surface area contributed by atoms with Gasteiger partial charge in [0.05, 0.1) is 24.2 Å². The summed E-state index contributed by atoms with van der Waals surface area (Å²) < 4.78 is 18.8. The van der Waals surface area contributed by atoms with Gasteiger partial charge in [-0.25, -0.2) is 4.39 Å². The number of nitrogens with zero attached hydrogens (tertiary/aromatic N) is 1. The molecular weight excluding hydrogens is 195 g/mol. The van der Waals surface area contributed by atoms with Crippen LogP contribution in [0.2, 0.25) is 0 Å². The second-order valence-electron chi connectivity index (χ2n) is 3.57. The van der Waals surface area contributed by atoms with Gasteiger partial charge in [0.1, 0.15) is 6.10 Å². The predicted octanol–water partition coefficient (Wildman–Crippen LogP) is 2.30. The van der Waals surface area contributed by atoms with Crippen LogP contribution in [0.3, 0.4) is 0 Å². The molecular formula is C11H11FN2O. The molecule has 1 aliphatic rings. The minimum Gasteiger partial charge on any atom is -0.482 e. The van der Waals surface area contributed by atoms with Gasteiger partial charge in [-0.15, -0.1) is 0 Å². The topological polar surface area (TPSA) is 45.0 Å². The van der Waals surface area contributed by atoms with Gasteiger partial charge in [-0.3, -0.25) is 0 Å². The van der Waals surface area contributed by atoms with E-state index in [9.17, 15) is 4.39 Å². The van der Waals surface area contributed by atoms with Crippen molar-refractivity contribution in [1.82, 2.24) is 0 Å². The lowest BCUT2D eigenvalue weighted by molar-refractivity contribution is 0.171. The van der Waals surface area contributed by atoms with E-state index in [4.69, 9.17) is 10.00 Å². The van der Waals surface area contributed by atoms with Crippen molar-refractivity contribution in [2.24, 2.45) is 0 Å². The number of ether oxygens (including phenoxy) is 1. The molecule has 2 atom stereocenters. The molecule has 3 nitrogen and oxygen atoms in total. The van der Waals surface area contributed by atoms with Crippen LogP contribution in [0.5, 0.6) is 5.75 Å². The van der Waals surface area contributed by atoms with Crippen molar-refractivity contribution >= 4 is 5.69 Å². The van der Waals surface area contributed by atoms with Crippen molar-refractivity contribution in [3.05, 3.63) is 24.0 Å². The number of fused-ring (bicyclic) bond motifs is 1. The Balaban J connectivity index is 2.31. The van der Waals surface area contributed by atoms with Gasteiger partial charge in [0.25, 0.3) is 0 Å². The minimum atomic E-state index is -0.394. The van der Waals surface area contributed by atoms with Crippen LogP contribution in [0.15, 0.2) is 18.2 Å². The van der Waals surface area contributed by atoms with E-state index < -0.39 is 5.82 Å². The molecule has 0 saturated heterocycles. The normalized spacial score (nSPS) is 23.3. The molecule has 0 saturated carbocycles. The molecule has 1 aliphatic heterocycles. The van der Waals surface area contributed by atoms with Crippen molar-refractivity contribution in [2.75, 3.05) is 5.32 Å². The van der Waals surface area contributed by atoms with E-state index >= 15 is 0 Å². The monoisotopic (exact) mass is 206 g/mol. The molecule has 0 spiro atoms. The maximum atomic E-state index is 13.4. The molecule has 1 aromatic rings. The Bertz CT molecular complexity index is 414. The summed E-state index contributed by atoms with van der Waals surface area (Å²) in [6, 6.07) is 6.78. The molecule has 2 rings (SSSR count). The summed E-state index contributed by atoms with van der Waals surface area (Å²) in [5, 5.41) is 11.7. The average Bonchev–Trinajstić information content (AvgIpc) is 2.21.